The molecule has 2 fully saturated rings. The number of benzene rings is 1. The third-order valence-corrected chi connectivity index (χ3v) is 6.34. The zero-order valence-corrected chi connectivity index (χ0v) is 17.8. The molecule has 1 aliphatic carbocycles. The highest BCUT2D eigenvalue weighted by molar-refractivity contribution is 5.94. The number of hydrogen-bond acceptors (Lipinski definition) is 4. The minimum Gasteiger partial charge on any atom is -0.351 e. The summed E-state index contributed by atoms with van der Waals surface area (Å²) in [5.41, 5.74) is 1.31. The summed E-state index contributed by atoms with van der Waals surface area (Å²) in [5.74, 6) is 0.191. The highest BCUT2D eigenvalue weighted by Gasteiger charge is 2.29. The Morgan fingerprint density at radius 2 is 1.68 bits per heavy atom. The first-order chi connectivity index (χ1) is 15.1. The van der Waals surface area contributed by atoms with Crippen molar-refractivity contribution in [1.82, 2.24) is 20.1 Å². The van der Waals surface area contributed by atoms with E-state index in [1.54, 1.807) is 12.1 Å². The van der Waals surface area contributed by atoms with Gasteiger partial charge in [-0.25, -0.2) is 0 Å². The van der Waals surface area contributed by atoms with Crippen molar-refractivity contribution in [2.24, 2.45) is 5.92 Å². The zero-order valence-electron chi connectivity index (χ0n) is 17.8. The summed E-state index contributed by atoms with van der Waals surface area (Å²) in [6.07, 6.45) is 4.43. The molecule has 0 spiro atoms. The Kier molecular flexibility index (Phi) is 6.82. The number of rotatable bonds is 6. The molecule has 0 unspecified atom stereocenters. The van der Waals surface area contributed by atoms with Crippen LogP contribution in [0.1, 0.15) is 36.0 Å². The van der Waals surface area contributed by atoms with E-state index in [0.717, 1.165) is 44.6 Å². The summed E-state index contributed by atoms with van der Waals surface area (Å²) in [6.45, 7) is 4.32. The van der Waals surface area contributed by atoms with Crippen molar-refractivity contribution in [3.8, 4) is 11.3 Å². The topological polar surface area (TPSA) is 85.5 Å². The van der Waals surface area contributed by atoms with Gasteiger partial charge in [-0.2, -0.15) is 0 Å². The largest absolute Gasteiger partial charge is 0.351 e. The SMILES string of the molecule is O=C(NCCN1CCN(C(=O)C2CCCC2)CC1)c1ccc(-c2ccccc2)[nH]c1=O. The molecule has 1 aromatic carbocycles. The standard InChI is InChI=1S/C24H30N4O3/c29-22(20-10-11-21(26-23(20)30)18-6-2-1-3-7-18)25-12-13-27-14-16-28(17-15-27)24(31)19-8-4-5-9-19/h1-3,6-7,10-11,19H,4-5,8-9,12-17H2,(H,25,29)(H,26,30). The smallest absolute Gasteiger partial charge is 0.261 e. The first-order valence-electron chi connectivity index (χ1n) is 11.2. The summed E-state index contributed by atoms with van der Waals surface area (Å²) >= 11 is 0. The molecule has 1 saturated carbocycles. The molecule has 1 aromatic heterocycles. The van der Waals surface area contributed by atoms with Gasteiger partial charge in [-0.15, -0.1) is 0 Å². The van der Waals surface area contributed by atoms with Crippen LogP contribution in [0.5, 0.6) is 0 Å². The van der Waals surface area contributed by atoms with E-state index in [2.05, 4.69) is 15.2 Å². The van der Waals surface area contributed by atoms with Crippen molar-refractivity contribution in [3.05, 3.63) is 58.4 Å². The van der Waals surface area contributed by atoms with Gasteiger partial charge in [-0.05, 0) is 30.5 Å². The van der Waals surface area contributed by atoms with Crippen molar-refractivity contribution < 1.29 is 9.59 Å². The molecule has 7 nitrogen and oxygen atoms in total. The maximum absolute atomic E-state index is 12.5. The van der Waals surface area contributed by atoms with E-state index < -0.39 is 5.56 Å². The van der Waals surface area contributed by atoms with Crippen LogP contribution >= 0.6 is 0 Å². The average molecular weight is 423 g/mol. The lowest BCUT2D eigenvalue weighted by Gasteiger charge is -2.36. The highest BCUT2D eigenvalue weighted by atomic mass is 16.2. The van der Waals surface area contributed by atoms with E-state index >= 15 is 0 Å². The Bertz CT molecular complexity index is 958. The van der Waals surface area contributed by atoms with Gasteiger partial charge in [-0.3, -0.25) is 19.3 Å². The minimum atomic E-state index is -0.391. The van der Waals surface area contributed by atoms with Crippen LogP contribution in [0, 0.1) is 5.92 Å². The van der Waals surface area contributed by atoms with Gasteiger partial charge in [0.15, 0.2) is 0 Å². The Hall–Kier alpha value is -2.93. The summed E-state index contributed by atoms with van der Waals surface area (Å²) in [7, 11) is 0. The van der Waals surface area contributed by atoms with E-state index in [1.807, 2.05) is 35.2 Å². The summed E-state index contributed by atoms with van der Waals surface area (Å²) in [6, 6.07) is 12.9. The number of nitrogens with zero attached hydrogens (tertiary/aromatic N) is 2. The molecule has 0 bridgehead atoms. The predicted molar refractivity (Wildman–Crippen MR) is 120 cm³/mol. The predicted octanol–water partition coefficient (Wildman–Crippen LogP) is 2.11. The van der Waals surface area contributed by atoms with Crippen LogP contribution in [0.25, 0.3) is 11.3 Å². The lowest BCUT2D eigenvalue weighted by atomic mass is 10.1. The number of amides is 2. The normalized spacial score (nSPS) is 17.6. The molecule has 2 amide bonds. The minimum absolute atomic E-state index is 0.117. The van der Waals surface area contributed by atoms with E-state index in [-0.39, 0.29) is 17.4 Å². The van der Waals surface area contributed by atoms with Crippen LogP contribution in [0.4, 0.5) is 0 Å². The molecule has 7 heteroatoms. The van der Waals surface area contributed by atoms with Gasteiger partial charge in [-0.1, -0.05) is 43.2 Å². The number of pyridine rings is 1. The molecule has 2 heterocycles. The molecule has 1 saturated heterocycles. The fourth-order valence-corrected chi connectivity index (χ4v) is 4.48. The first-order valence-corrected chi connectivity index (χ1v) is 11.2. The quantitative estimate of drug-likeness (QED) is 0.747. The van der Waals surface area contributed by atoms with Gasteiger partial charge in [0.05, 0.1) is 0 Å². The van der Waals surface area contributed by atoms with E-state index in [4.69, 9.17) is 0 Å². The van der Waals surface area contributed by atoms with Crippen LogP contribution in [0.2, 0.25) is 0 Å². The monoisotopic (exact) mass is 422 g/mol. The van der Waals surface area contributed by atoms with Gasteiger partial charge < -0.3 is 15.2 Å². The second kappa shape index (κ2) is 9.92. The summed E-state index contributed by atoms with van der Waals surface area (Å²) in [5, 5.41) is 2.84. The van der Waals surface area contributed by atoms with Crippen LogP contribution in [-0.4, -0.2) is 65.9 Å². The number of piperazine rings is 1. The fourth-order valence-electron chi connectivity index (χ4n) is 4.48. The molecule has 4 rings (SSSR count). The van der Waals surface area contributed by atoms with E-state index in [0.29, 0.717) is 24.7 Å². The Balaban J connectivity index is 1.23. The zero-order chi connectivity index (χ0) is 21.6. The van der Waals surface area contributed by atoms with Gasteiger partial charge >= 0.3 is 0 Å². The fraction of sp³-hybridized carbons (Fsp3) is 0.458. The molecule has 2 N–H and O–H groups in total. The summed E-state index contributed by atoms with van der Waals surface area (Å²) in [4.78, 5) is 44.4. The van der Waals surface area contributed by atoms with Gasteiger partial charge in [0, 0.05) is 50.9 Å². The van der Waals surface area contributed by atoms with Gasteiger partial charge in [0.1, 0.15) is 5.56 Å². The maximum atomic E-state index is 12.5. The third kappa shape index (κ3) is 5.22. The molecule has 2 aliphatic rings. The van der Waals surface area contributed by atoms with E-state index in [1.165, 1.54) is 12.8 Å². The van der Waals surface area contributed by atoms with Crippen molar-refractivity contribution in [2.45, 2.75) is 25.7 Å². The number of nitrogens with one attached hydrogen (secondary N) is 2. The number of aromatic amines is 1. The van der Waals surface area contributed by atoms with Gasteiger partial charge in [0.2, 0.25) is 5.91 Å². The number of carbonyl (C=O) groups is 2. The molecular weight excluding hydrogens is 392 g/mol. The molecule has 2 aromatic rings. The van der Waals surface area contributed by atoms with Crippen molar-refractivity contribution in [1.29, 1.82) is 0 Å². The van der Waals surface area contributed by atoms with Crippen LogP contribution < -0.4 is 10.9 Å². The van der Waals surface area contributed by atoms with Crippen LogP contribution in [-0.2, 0) is 4.79 Å². The first kappa shape index (κ1) is 21.3. The number of H-pyrrole nitrogens is 1. The molecule has 1 aliphatic heterocycles. The second-order valence-electron chi connectivity index (χ2n) is 8.39. The van der Waals surface area contributed by atoms with Gasteiger partial charge in [0.25, 0.3) is 11.5 Å². The van der Waals surface area contributed by atoms with Crippen LogP contribution in [0.15, 0.2) is 47.3 Å². The molecule has 0 atom stereocenters. The second-order valence-corrected chi connectivity index (χ2v) is 8.39. The molecule has 0 radical (unpaired) electrons. The molecule has 164 valence electrons. The maximum Gasteiger partial charge on any atom is 0.261 e. The number of aromatic nitrogens is 1. The third-order valence-electron chi connectivity index (χ3n) is 6.34. The lowest BCUT2D eigenvalue weighted by Crippen LogP contribution is -2.51. The number of hydrogen-bond donors (Lipinski definition) is 2. The van der Waals surface area contributed by atoms with Crippen molar-refractivity contribution in [3.63, 3.8) is 0 Å². The summed E-state index contributed by atoms with van der Waals surface area (Å²) < 4.78 is 0. The lowest BCUT2D eigenvalue weighted by molar-refractivity contribution is -0.137. The Morgan fingerprint density at radius 3 is 2.35 bits per heavy atom. The Labute approximate surface area is 182 Å². The Morgan fingerprint density at radius 1 is 0.968 bits per heavy atom. The van der Waals surface area contributed by atoms with E-state index in [9.17, 15) is 14.4 Å². The molecular formula is C24H30N4O3. The van der Waals surface area contributed by atoms with Crippen molar-refractivity contribution >= 4 is 11.8 Å². The van der Waals surface area contributed by atoms with Crippen LogP contribution in [0.3, 0.4) is 0 Å². The highest BCUT2D eigenvalue weighted by Crippen LogP contribution is 2.26. The average Bonchev–Trinajstić information content (AvgIpc) is 3.34. The number of carbonyl (C=O) groups excluding carboxylic acids is 2. The molecule has 31 heavy (non-hydrogen) atoms. The van der Waals surface area contributed by atoms with Crippen molar-refractivity contribution in [2.75, 3.05) is 39.3 Å².